The van der Waals surface area contributed by atoms with Gasteiger partial charge in [-0.2, -0.15) is 0 Å². The Balaban J connectivity index is 1.85. The van der Waals surface area contributed by atoms with E-state index in [1.807, 2.05) is 13.0 Å². The van der Waals surface area contributed by atoms with Gasteiger partial charge >= 0.3 is 0 Å². The Bertz CT molecular complexity index is 777. The molecule has 0 saturated carbocycles. The van der Waals surface area contributed by atoms with Crippen molar-refractivity contribution in [2.75, 3.05) is 6.61 Å². The fourth-order valence-electron chi connectivity index (χ4n) is 3.17. The van der Waals surface area contributed by atoms with E-state index in [1.54, 1.807) is 11.3 Å². The summed E-state index contributed by atoms with van der Waals surface area (Å²) in [5, 5.41) is 9.25. The fraction of sp³-hybridized carbons (Fsp3) is 0.522. The van der Waals surface area contributed by atoms with E-state index >= 15 is 0 Å². The first kappa shape index (κ1) is 21.8. The second-order valence-corrected chi connectivity index (χ2v) is 9.21. The van der Waals surface area contributed by atoms with Crippen LogP contribution in [-0.2, 0) is 12.8 Å². The zero-order valence-corrected chi connectivity index (χ0v) is 17.9. The van der Waals surface area contributed by atoms with Gasteiger partial charge in [0.25, 0.3) is 0 Å². The van der Waals surface area contributed by atoms with E-state index < -0.39 is 5.54 Å². The molecule has 0 aliphatic heterocycles. The van der Waals surface area contributed by atoms with E-state index in [0.717, 1.165) is 37.0 Å². The molecule has 1 aromatic carbocycles. The number of hydrogen-bond acceptors (Lipinski definition) is 4. The Hall–Kier alpha value is -1.49. The lowest BCUT2D eigenvalue weighted by Crippen LogP contribution is -2.40. The first-order valence-electron chi connectivity index (χ1n) is 9.80. The number of aliphatic hydroxyl groups excluding tert-OH is 1. The molecule has 2 aromatic rings. The Labute approximate surface area is 167 Å². The first-order chi connectivity index (χ1) is 12.7. The van der Waals surface area contributed by atoms with Crippen molar-refractivity contribution in [1.29, 1.82) is 0 Å². The number of nitrogens with two attached hydrogens (primary N) is 1. The summed E-state index contributed by atoms with van der Waals surface area (Å²) in [6.45, 7) is 8.20. The molecule has 27 heavy (non-hydrogen) atoms. The van der Waals surface area contributed by atoms with Gasteiger partial charge in [-0.1, -0.05) is 18.2 Å². The van der Waals surface area contributed by atoms with Crippen molar-refractivity contribution in [2.45, 2.75) is 71.8 Å². The summed E-state index contributed by atoms with van der Waals surface area (Å²) >= 11 is 1.62. The molecular formula is C23H33NO2S. The van der Waals surface area contributed by atoms with Gasteiger partial charge in [-0.3, -0.25) is 4.79 Å². The summed E-state index contributed by atoms with van der Waals surface area (Å²) < 4.78 is 0. The molecule has 0 bridgehead atoms. The summed E-state index contributed by atoms with van der Waals surface area (Å²) in [5.74, 6) is 0.247. The average Bonchev–Trinajstić information content (AvgIpc) is 2.99. The van der Waals surface area contributed by atoms with Gasteiger partial charge in [0, 0.05) is 16.8 Å². The molecule has 1 unspecified atom stereocenters. The number of hydrogen-bond donors (Lipinski definition) is 2. The Kier molecular flexibility index (Phi) is 7.78. The summed E-state index contributed by atoms with van der Waals surface area (Å²) in [6.07, 6.45) is 5.04. The van der Waals surface area contributed by atoms with Crippen LogP contribution in [0.25, 0.3) is 0 Å². The van der Waals surface area contributed by atoms with Crippen LogP contribution in [-0.4, -0.2) is 23.0 Å². The second kappa shape index (κ2) is 9.63. The second-order valence-electron chi connectivity index (χ2n) is 8.08. The number of carbonyl (C=O) groups is 1. The molecule has 0 radical (unpaired) electrons. The highest BCUT2D eigenvalue weighted by Crippen LogP contribution is 2.26. The van der Waals surface area contributed by atoms with Gasteiger partial charge < -0.3 is 10.8 Å². The summed E-state index contributed by atoms with van der Waals surface area (Å²) in [4.78, 5) is 14.7. The number of Topliss-reactive ketones (excluding diaryl/α,β-unsaturated/α-hetero) is 1. The third kappa shape index (κ3) is 6.56. The van der Waals surface area contributed by atoms with Crippen LogP contribution in [0.15, 0.2) is 24.3 Å². The van der Waals surface area contributed by atoms with E-state index in [1.165, 1.54) is 27.1 Å². The van der Waals surface area contributed by atoms with Crippen LogP contribution in [0.1, 0.15) is 69.4 Å². The van der Waals surface area contributed by atoms with Crippen LogP contribution in [0.2, 0.25) is 0 Å². The highest BCUT2D eigenvalue weighted by molar-refractivity contribution is 7.14. The Morgan fingerprint density at radius 3 is 2.48 bits per heavy atom. The van der Waals surface area contributed by atoms with E-state index in [4.69, 9.17) is 5.73 Å². The Morgan fingerprint density at radius 1 is 1.07 bits per heavy atom. The average molecular weight is 388 g/mol. The minimum absolute atomic E-state index is 0.000661. The maximum Gasteiger partial charge on any atom is 0.172 e. The molecule has 4 heteroatoms. The first-order valence-corrected chi connectivity index (χ1v) is 10.6. The lowest BCUT2D eigenvalue weighted by Gasteiger charge is -2.21. The smallest absolute Gasteiger partial charge is 0.172 e. The number of ketones is 1. The van der Waals surface area contributed by atoms with E-state index in [-0.39, 0.29) is 12.4 Å². The van der Waals surface area contributed by atoms with Crippen LogP contribution in [0.5, 0.6) is 0 Å². The molecule has 2 rings (SSSR count). The van der Waals surface area contributed by atoms with Crippen molar-refractivity contribution in [3.8, 4) is 0 Å². The molecule has 0 fully saturated rings. The van der Waals surface area contributed by atoms with Crippen molar-refractivity contribution >= 4 is 17.1 Å². The minimum atomic E-state index is -0.516. The molecule has 0 aliphatic carbocycles. The maximum atomic E-state index is 12.6. The monoisotopic (exact) mass is 387 g/mol. The van der Waals surface area contributed by atoms with Gasteiger partial charge in [-0.25, -0.2) is 0 Å². The molecule has 1 aromatic heterocycles. The standard InChI is InChI=1S/C23H33NO2S/c1-16-10-11-19(13-17(16)2)7-5-8-20(26)22-14-18(3)21(27-22)9-6-12-23(4,24)15-25/h10-11,13-14,25H,5-9,12,15,24H2,1-4H3. The number of benzene rings is 1. The van der Waals surface area contributed by atoms with E-state index in [0.29, 0.717) is 6.42 Å². The van der Waals surface area contributed by atoms with Gasteiger partial charge in [0.05, 0.1) is 11.5 Å². The van der Waals surface area contributed by atoms with Gasteiger partial charge in [-0.15, -0.1) is 11.3 Å². The quantitative estimate of drug-likeness (QED) is 0.569. The van der Waals surface area contributed by atoms with Crippen molar-refractivity contribution in [3.05, 3.63) is 56.3 Å². The normalized spacial score (nSPS) is 13.6. The zero-order valence-electron chi connectivity index (χ0n) is 17.1. The van der Waals surface area contributed by atoms with Gasteiger partial charge in [0.2, 0.25) is 0 Å². The minimum Gasteiger partial charge on any atom is -0.394 e. The predicted octanol–water partition coefficient (Wildman–Crippen LogP) is 4.91. The van der Waals surface area contributed by atoms with Gasteiger partial charge in [0.15, 0.2) is 5.78 Å². The molecule has 3 N–H and O–H groups in total. The molecule has 1 atom stereocenters. The third-order valence-electron chi connectivity index (χ3n) is 5.25. The fourth-order valence-corrected chi connectivity index (χ4v) is 4.36. The van der Waals surface area contributed by atoms with Crippen molar-refractivity contribution < 1.29 is 9.90 Å². The molecule has 148 valence electrons. The molecule has 3 nitrogen and oxygen atoms in total. The van der Waals surface area contributed by atoms with Crippen LogP contribution < -0.4 is 5.73 Å². The summed E-state index contributed by atoms with van der Waals surface area (Å²) in [6, 6.07) is 8.58. The lowest BCUT2D eigenvalue weighted by molar-refractivity contribution is 0.0984. The number of thiophene rings is 1. The highest BCUT2D eigenvalue weighted by Gasteiger charge is 2.17. The SMILES string of the molecule is Cc1ccc(CCCC(=O)c2cc(C)c(CCCC(C)(N)CO)s2)cc1C. The van der Waals surface area contributed by atoms with Crippen LogP contribution in [0.4, 0.5) is 0 Å². The third-order valence-corrected chi connectivity index (χ3v) is 6.59. The van der Waals surface area contributed by atoms with E-state index in [2.05, 4.69) is 39.0 Å². The summed E-state index contributed by atoms with van der Waals surface area (Å²) in [7, 11) is 0. The molecule has 0 saturated heterocycles. The van der Waals surface area contributed by atoms with Crippen LogP contribution >= 0.6 is 11.3 Å². The van der Waals surface area contributed by atoms with Crippen LogP contribution in [0, 0.1) is 20.8 Å². The van der Waals surface area contributed by atoms with Crippen molar-refractivity contribution in [1.82, 2.24) is 0 Å². The molecule has 0 amide bonds. The summed E-state index contributed by atoms with van der Waals surface area (Å²) in [5.41, 5.74) is 10.6. The molecule has 0 spiro atoms. The number of carbonyl (C=O) groups excluding carboxylic acids is 1. The predicted molar refractivity (Wildman–Crippen MR) is 115 cm³/mol. The largest absolute Gasteiger partial charge is 0.394 e. The van der Waals surface area contributed by atoms with Crippen LogP contribution in [0.3, 0.4) is 0 Å². The number of aliphatic hydroxyl groups is 1. The van der Waals surface area contributed by atoms with Crippen molar-refractivity contribution in [3.63, 3.8) is 0 Å². The number of rotatable bonds is 10. The van der Waals surface area contributed by atoms with Gasteiger partial charge in [0.1, 0.15) is 0 Å². The molecule has 0 aliphatic rings. The number of aryl methyl sites for hydroxylation is 5. The zero-order chi connectivity index (χ0) is 20.0. The topological polar surface area (TPSA) is 63.3 Å². The van der Waals surface area contributed by atoms with Gasteiger partial charge in [-0.05, 0) is 88.1 Å². The maximum absolute atomic E-state index is 12.6. The van der Waals surface area contributed by atoms with Crippen molar-refractivity contribution in [2.24, 2.45) is 5.73 Å². The highest BCUT2D eigenvalue weighted by atomic mass is 32.1. The molecular weight excluding hydrogens is 354 g/mol. The van der Waals surface area contributed by atoms with E-state index in [9.17, 15) is 9.90 Å². The Morgan fingerprint density at radius 2 is 1.81 bits per heavy atom. The lowest BCUT2D eigenvalue weighted by atomic mass is 9.96. The molecule has 1 heterocycles.